The third-order valence-corrected chi connectivity index (χ3v) is 7.80. The average Bonchev–Trinajstić information content (AvgIpc) is 3.54. The second-order valence-electron chi connectivity index (χ2n) is 8.70. The van der Waals surface area contributed by atoms with E-state index in [9.17, 15) is 24.7 Å². The standard InChI is InChI=1S/C20H24FN6O9PS/c21-15-17(11(6-28)35-19(15)26-4-2-13(30)25-20(26)31)36-37(32,38)33-7-12-10(29)5-14(34-12)27-8-24-16-9(22)1-3-23-18(16)27/h1-4,8,10-12,14-15,17,19,28-29H,5-7H2,(H2,22,23)(H,32,38)(H,25,30,31)/t10-,11-,12-,14-,15?,17+,19-,37?/m1/s1. The normalized spacial score (nSPS) is 31.1. The molecule has 0 aliphatic carbocycles. The van der Waals surface area contributed by atoms with Gasteiger partial charge >= 0.3 is 12.4 Å². The van der Waals surface area contributed by atoms with Crippen LogP contribution in [0.1, 0.15) is 18.9 Å². The Morgan fingerprint density at radius 3 is 2.79 bits per heavy atom. The third kappa shape index (κ3) is 5.16. The molecule has 0 bridgehead atoms. The topological polar surface area (TPSA) is 209 Å². The molecule has 0 amide bonds. The van der Waals surface area contributed by atoms with Gasteiger partial charge in [0.15, 0.2) is 18.0 Å². The number of imidazole rings is 1. The minimum absolute atomic E-state index is 0.149. The highest BCUT2D eigenvalue weighted by Gasteiger charge is 2.49. The number of nitrogens with two attached hydrogens (primary N) is 1. The molecule has 8 atom stereocenters. The predicted octanol–water partition coefficient (Wildman–Crippen LogP) is -0.941. The lowest BCUT2D eigenvalue weighted by Gasteiger charge is -2.25. The molecule has 15 nitrogen and oxygen atoms in total. The molecule has 2 saturated heterocycles. The molecule has 0 aromatic carbocycles. The van der Waals surface area contributed by atoms with Crippen molar-refractivity contribution in [3.05, 3.63) is 51.7 Å². The number of aromatic nitrogens is 5. The summed E-state index contributed by atoms with van der Waals surface area (Å²) < 4.78 is 39.6. The maximum absolute atomic E-state index is 15.3. The lowest BCUT2D eigenvalue weighted by Crippen LogP contribution is -2.36. The second kappa shape index (κ2) is 10.5. The van der Waals surface area contributed by atoms with E-state index in [0.717, 1.165) is 16.8 Å². The lowest BCUT2D eigenvalue weighted by molar-refractivity contribution is -0.0528. The van der Waals surface area contributed by atoms with Crippen molar-refractivity contribution < 1.29 is 38.0 Å². The van der Waals surface area contributed by atoms with Gasteiger partial charge in [0.2, 0.25) is 0 Å². The number of aromatic amines is 1. The molecule has 2 fully saturated rings. The van der Waals surface area contributed by atoms with E-state index < -0.39 is 74.2 Å². The molecule has 0 radical (unpaired) electrons. The highest BCUT2D eigenvalue weighted by molar-refractivity contribution is 8.07. The molecular formula is C20H24FN6O9PS. The van der Waals surface area contributed by atoms with Crippen LogP contribution in [0.15, 0.2) is 40.4 Å². The maximum atomic E-state index is 15.3. The molecule has 6 N–H and O–H groups in total. The van der Waals surface area contributed by atoms with Crippen LogP contribution in [-0.4, -0.2) is 83.0 Å². The Morgan fingerprint density at radius 1 is 1.26 bits per heavy atom. The summed E-state index contributed by atoms with van der Waals surface area (Å²) in [5, 5.41) is 20.1. The summed E-state index contributed by atoms with van der Waals surface area (Å²) in [4.78, 5) is 44.4. The first-order chi connectivity index (χ1) is 18.1. The van der Waals surface area contributed by atoms with E-state index in [4.69, 9.17) is 36.1 Å². The maximum Gasteiger partial charge on any atom is 0.330 e. The van der Waals surface area contributed by atoms with E-state index in [1.165, 1.54) is 12.5 Å². The van der Waals surface area contributed by atoms with Crippen LogP contribution in [-0.2, 0) is 30.3 Å². The summed E-state index contributed by atoms with van der Waals surface area (Å²) in [7, 11) is 0. The number of ether oxygens (including phenoxy) is 2. The van der Waals surface area contributed by atoms with E-state index in [0.29, 0.717) is 16.9 Å². The van der Waals surface area contributed by atoms with Crippen molar-refractivity contribution in [1.29, 1.82) is 0 Å². The van der Waals surface area contributed by atoms with Gasteiger partial charge in [-0.1, -0.05) is 0 Å². The molecule has 0 spiro atoms. The number of hydrogen-bond acceptors (Lipinski definition) is 12. The molecule has 3 aromatic heterocycles. The number of anilines is 1. The Balaban J connectivity index is 1.24. The molecule has 0 saturated carbocycles. The van der Waals surface area contributed by atoms with Crippen LogP contribution in [0.25, 0.3) is 11.2 Å². The molecule has 18 heteroatoms. The molecule has 2 unspecified atom stereocenters. The van der Waals surface area contributed by atoms with Crippen LogP contribution in [0.5, 0.6) is 0 Å². The van der Waals surface area contributed by atoms with Crippen LogP contribution in [0.2, 0.25) is 0 Å². The third-order valence-electron chi connectivity index (χ3n) is 6.24. The lowest BCUT2D eigenvalue weighted by atomic mass is 10.1. The van der Waals surface area contributed by atoms with Gasteiger partial charge in [0.1, 0.15) is 30.1 Å². The number of H-pyrrole nitrogens is 1. The van der Waals surface area contributed by atoms with E-state index >= 15 is 4.39 Å². The minimum Gasteiger partial charge on any atom is -0.397 e. The number of aliphatic hydroxyl groups excluding tert-OH is 2. The van der Waals surface area contributed by atoms with Crippen LogP contribution >= 0.6 is 6.72 Å². The van der Waals surface area contributed by atoms with Crippen molar-refractivity contribution in [2.75, 3.05) is 18.9 Å². The fraction of sp³-hybridized carbons (Fsp3) is 0.500. The molecule has 2 aliphatic heterocycles. The van der Waals surface area contributed by atoms with Crippen molar-refractivity contribution in [1.82, 2.24) is 24.1 Å². The average molecular weight is 574 g/mol. The molecule has 38 heavy (non-hydrogen) atoms. The van der Waals surface area contributed by atoms with Gasteiger partial charge in [-0.15, -0.1) is 0 Å². The monoisotopic (exact) mass is 574 g/mol. The largest absolute Gasteiger partial charge is 0.397 e. The number of halogens is 1. The van der Waals surface area contributed by atoms with Gasteiger partial charge in [-0.25, -0.2) is 19.2 Å². The molecule has 5 rings (SSSR count). The van der Waals surface area contributed by atoms with Crippen molar-refractivity contribution >= 4 is 35.4 Å². The van der Waals surface area contributed by atoms with Gasteiger partial charge in [-0.05, 0) is 17.9 Å². The Labute approximate surface area is 217 Å². The van der Waals surface area contributed by atoms with Crippen molar-refractivity contribution in [3.63, 3.8) is 0 Å². The van der Waals surface area contributed by atoms with Crippen molar-refractivity contribution in [2.24, 2.45) is 0 Å². The number of fused-ring (bicyclic) bond motifs is 1. The van der Waals surface area contributed by atoms with Crippen molar-refractivity contribution in [3.8, 4) is 0 Å². The number of alkyl halides is 1. The first kappa shape index (κ1) is 27.0. The van der Waals surface area contributed by atoms with Crippen LogP contribution < -0.4 is 17.0 Å². The number of nitrogens with one attached hydrogen (secondary N) is 1. The summed E-state index contributed by atoms with van der Waals surface area (Å²) in [6.07, 6.45) is -4.97. The Bertz CT molecular complexity index is 1480. The second-order valence-corrected chi connectivity index (χ2v) is 11.5. The Kier molecular flexibility index (Phi) is 7.47. The van der Waals surface area contributed by atoms with Crippen LogP contribution in [0.3, 0.4) is 0 Å². The van der Waals surface area contributed by atoms with Gasteiger partial charge in [0, 0.05) is 24.9 Å². The van der Waals surface area contributed by atoms with Gasteiger partial charge in [-0.3, -0.25) is 23.4 Å². The quantitative estimate of drug-likeness (QED) is 0.206. The van der Waals surface area contributed by atoms with Crippen LogP contribution in [0, 0.1) is 0 Å². The summed E-state index contributed by atoms with van der Waals surface area (Å²) in [5.41, 5.74) is 5.65. The zero-order valence-corrected chi connectivity index (χ0v) is 21.2. The molecular weight excluding hydrogens is 550 g/mol. The van der Waals surface area contributed by atoms with Gasteiger partial charge in [0.25, 0.3) is 5.56 Å². The van der Waals surface area contributed by atoms with E-state index in [1.54, 1.807) is 10.6 Å². The number of aliphatic hydroxyl groups is 2. The molecule has 2 aliphatic rings. The zero-order chi connectivity index (χ0) is 27.2. The molecule has 206 valence electrons. The highest BCUT2D eigenvalue weighted by atomic mass is 32.5. The smallest absolute Gasteiger partial charge is 0.330 e. The number of pyridine rings is 1. The first-order valence-electron chi connectivity index (χ1n) is 11.4. The first-order valence-corrected chi connectivity index (χ1v) is 13.9. The van der Waals surface area contributed by atoms with E-state index in [1.807, 2.05) is 4.98 Å². The highest BCUT2D eigenvalue weighted by Crippen LogP contribution is 2.50. The number of nitrogens with zero attached hydrogens (tertiary/aromatic N) is 4. The number of rotatable bonds is 8. The summed E-state index contributed by atoms with van der Waals surface area (Å²) in [6, 6.07) is 2.60. The van der Waals surface area contributed by atoms with Gasteiger partial charge in [-0.2, -0.15) is 0 Å². The van der Waals surface area contributed by atoms with Gasteiger partial charge < -0.3 is 34.8 Å². The van der Waals surface area contributed by atoms with Gasteiger partial charge in [0.05, 0.1) is 31.3 Å². The minimum atomic E-state index is -4.15. The number of nitrogen functional groups attached to an aromatic ring is 1. The fourth-order valence-corrected chi connectivity index (χ4v) is 5.81. The SMILES string of the molecule is Nc1ccnc2c1ncn2[C@H]1C[C@@H](O)[C@@H](COP(O)(=S)O[C@@H]2C(F)[C@H](n3ccc(=O)[nH]c3=O)O[C@@H]2CO)O1. The molecule has 5 heterocycles. The summed E-state index contributed by atoms with van der Waals surface area (Å²) in [5.74, 6) is 0. The molecule has 3 aromatic rings. The predicted molar refractivity (Wildman–Crippen MR) is 131 cm³/mol. The van der Waals surface area contributed by atoms with Crippen LogP contribution in [0.4, 0.5) is 10.1 Å². The summed E-state index contributed by atoms with van der Waals surface area (Å²) in [6.45, 7) is -5.28. The summed E-state index contributed by atoms with van der Waals surface area (Å²) >= 11 is 5.02. The number of hydrogen-bond donors (Lipinski definition) is 5. The Morgan fingerprint density at radius 2 is 2.05 bits per heavy atom. The van der Waals surface area contributed by atoms with Crippen molar-refractivity contribution in [2.45, 2.75) is 49.5 Å². The van der Waals surface area contributed by atoms with E-state index in [2.05, 4.69) is 9.97 Å². The Hall–Kier alpha value is -2.60. The zero-order valence-electron chi connectivity index (χ0n) is 19.4. The fourth-order valence-electron chi connectivity index (χ4n) is 4.37. The van der Waals surface area contributed by atoms with E-state index in [-0.39, 0.29) is 6.42 Å².